The molecule has 3 aliphatic rings. The van der Waals surface area contributed by atoms with E-state index in [0.717, 1.165) is 23.8 Å². The maximum absolute atomic E-state index is 3.75. The van der Waals surface area contributed by atoms with Gasteiger partial charge in [0.2, 0.25) is 0 Å². The van der Waals surface area contributed by atoms with Gasteiger partial charge in [-0.3, -0.25) is 0 Å². The first-order chi connectivity index (χ1) is 6.92. The van der Waals surface area contributed by atoms with Gasteiger partial charge in [-0.05, 0) is 56.5 Å². The van der Waals surface area contributed by atoms with Crippen LogP contribution in [0.5, 0.6) is 0 Å². The first-order valence-electron chi connectivity index (χ1n) is 6.36. The molecule has 1 heterocycles. The first-order valence-corrected chi connectivity index (χ1v) is 6.36. The van der Waals surface area contributed by atoms with Crippen molar-refractivity contribution in [2.45, 2.75) is 38.1 Å². The third-order valence-corrected chi connectivity index (χ3v) is 4.61. The monoisotopic (exact) mass is 194 g/mol. The maximum Gasteiger partial charge on any atom is 0.0204 e. The predicted octanol–water partition coefficient (Wildman–Crippen LogP) is 1.37. The molecule has 0 aromatic rings. The van der Waals surface area contributed by atoms with E-state index in [1.807, 2.05) is 0 Å². The van der Waals surface area contributed by atoms with Gasteiger partial charge in [0.15, 0.2) is 0 Å². The lowest BCUT2D eigenvalue weighted by molar-refractivity contribution is 0.308. The Hall–Kier alpha value is -0.0800. The Bertz CT molecular complexity index is 198. The minimum atomic E-state index is 0.772. The number of fused-ring (bicyclic) bond motifs is 2. The maximum atomic E-state index is 3.75. The summed E-state index contributed by atoms with van der Waals surface area (Å²) in [6.07, 6.45) is 7.47. The lowest BCUT2D eigenvalue weighted by Crippen LogP contribution is -2.36. The Morgan fingerprint density at radius 2 is 2.14 bits per heavy atom. The van der Waals surface area contributed by atoms with Gasteiger partial charge in [-0.15, -0.1) is 0 Å². The SMILES string of the molecule is C1C[C@H](NCC2CC3CCC2C3)CN1. The Morgan fingerprint density at radius 3 is 2.79 bits per heavy atom. The zero-order valence-electron chi connectivity index (χ0n) is 8.97. The minimum Gasteiger partial charge on any atom is -0.315 e. The van der Waals surface area contributed by atoms with Crippen molar-refractivity contribution in [2.24, 2.45) is 17.8 Å². The number of hydrogen-bond acceptors (Lipinski definition) is 2. The van der Waals surface area contributed by atoms with Crippen molar-refractivity contribution in [3.8, 4) is 0 Å². The fourth-order valence-corrected chi connectivity index (χ4v) is 3.77. The summed E-state index contributed by atoms with van der Waals surface area (Å²) in [4.78, 5) is 0. The molecule has 2 nitrogen and oxygen atoms in total. The molecule has 1 aliphatic heterocycles. The second-order valence-electron chi connectivity index (χ2n) is 5.53. The molecule has 2 N–H and O–H groups in total. The first kappa shape index (κ1) is 9.17. The summed E-state index contributed by atoms with van der Waals surface area (Å²) in [7, 11) is 0. The summed E-state index contributed by atoms with van der Waals surface area (Å²) in [5.74, 6) is 3.21. The normalized spacial score (nSPS) is 46.3. The van der Waals surface area contributed by atoms with Crippen LogP contribution in [0.25, 0.3) is 0 Å². The van der Waals surface area contributed by atoms with Crippen molar-refractivity contribution in [2.75, 3.05) is 19.6 Å². The second-order valence-corrected chi connectivity index (χ2v) is 5.53. The van der Waals surface area contributed by atoms with Crippen LogP contribution in [0, 0.1) is 17.8 Å². The lowest BCUT2D eigenvalue weighted by Gasteiger charge is -2.23. The van der Waals surface area contributed by atoms with E-state index in [0.29, 0.717) is 0 Å². The van der Waals surface area contributed by atoms with Crippen LogP contribution in [-0.2, 0) is 0 Å². The highest BCUT2D eigenvalue weighted by atomic mass is 15.0. The highest BCUT2D eigenvalue weighted by Crippen LogP contribution is 2.47. The Morgan fingerprint density at radius 1 is 1.14 bits per heavy atom. The van der Waals surface area contributed by atoms with Gasteiger partial charge in [-0.2, -0.15) is 0 Å². The van der Waals surface area contributed by atoms with Crippen LogP contribution in [-0.4, -0.2) is 25.7 Å². The molecule has 0 radical (unpaired) electrons. The van der Waals surface area contributed by atoms with Crippen LogP contribution in [0.1, 0.15) is 32.1 Å². The van der Waals surface area contributed by atoms with Crippen molar-refractivity contribution >= 4 is 0 Å². The highest BCUT2D eigenvalue weighted by molar-refractivity contribution is 4.91. The molecule has 2 heteroatoms. The van der Waals surface area contributed by atoms with E-state index in [9.17, 15) is 0 Å². The van der Waals surface area contributed by atoms with E-state index in [-0.39, 0.29) is 0 Å². The van der Waals surface area contributed by atoms with Crippen LogP contribution in [0.2, 0.25) is 0 Å². The molecule has 0 spiro atoms. The van der Waals surface area contributed by atoms with Crippen molar-refractivity contribution in [1.82, 2.24) is 10.6 Å². The molecule has 4 atom stereocenters. The van der Waals surface area contributed by atoms with Crippen molar-refractivity contribution in [3.05, 3.63) is 0 Å². The largest absolute Gasteiger partial charge is 0.315 e. The zero-order chi connectivity index (χ0) is 9.38. The Balaban J connectivity index is 1.44. The molecule has 2 aliphatic carbocycles. The molecule has 0 aromatic carbocycles. The summed E-state index contributed by atoms with van der Waals surface area (Å²) >= 11 is 0. The molecule has 80 valence electrons. The van der Waals surface area contributed by atoms with E-state index in [2.05, 4.69) is 10.6 Å². The fourth-order valence-electron chi connectivity index (χ4n) is 3.77. The second kappa shape index (κ2) is 3.82. The van der Waals surface area contributed by atoms with Gasteiger partial charge in [0.05, 0.1) is 0 Å². The third kappa shape index (κ3) is 1.70. The molecule has 3 fully saturated rings. The number of hydrogen-bond donors (Lipinski definition) is 2. The predicted molar refractivity (Wildman–Crippen MR) is 58.2 cm³/mol. The van der Waals surface area contributed by atoms with Gasteiger partial charge in [0.1, 0.15) is 0 Å². The van der Waals surface area contributed by atoms with Gasteiger partial charge < -0.3 is 10.6 Å². The standard InChI is InChI=1S/C12H22N2/c1-2-10-5-9(1)6-11(10)7-14-12-3-4-13-8-12/h9-14H,1-8H2/t9?,10?,11?,12-/m0/s1. The number of rotatable bonds is 3. The molecular weight excluding hydrogens is 172 g/mol. The van der Waals surface area contributed by atoms with Gasteiger partial charge in [-0.25, -0.2) is 0 Å². The molecule has 2 saturated carbocycles. The van der Waals surface area contributed by atoms with Gasteiger partial charge >= 0.3 is 0 Å². The molecule has 3 rings (SSSR count). The minimum absolute atomic E-state index is 0.772. The van der Waals surface area contributed by atoms with Gasteiger partial charge in [0, 0.05) is 12.6 Å². The van der Waals surface area contributed by atoms with E-state index in [1.165, 1.54) is 45.3 Å². The van der Waals surface area contributed by atoms with E-state index in [1.54, 1.807) is 6.42 Å². The molecule has 3 unspecified atom stereocenters. The molecule has 1 saturated heterocycles. The summed E-state index contributed by atoms with van der Waals surface area (Å²) in [5.41, 5.74) is 0. The number of nitrogens with one attached hydrogen (secondary N) is 2. The van der Waals surface area contributed by atoms with Crippen molar-refractivity contribution in [1.29, 1.82) is 0 Å². The van der Waals surface area contributed by atoms with Crippen LogP contribution in [0.4, 0.5) is 0 Å². The summed E-state index contributed by atoms with van der Waals surface area (Å²) in [6.45, 7) is 3.71. The summed E-state index contributed by atoms with van der Waals surface area (Å²) in [6, 6.07) is 0.772. The summed E-state index contributed by atoms with van der Waals surface area (Å²) < 4.78 is 0. The molecular formula is C12H22N2. The van der Waals surface area contributed by atoms with Gasteiger partial charge in [-0.1, -0.05) is 6.42 Å². The molecule has 0 amide bonds. The summed E-state index contributed by atoms with van der Waals surface area (Å²) in [5, 5.41) is 7.17. The molecule has 14 heavy (non-hydrogen) atoms. The smallest absolute Gasteiger partial charge is 0.0204 e. The van der Waals surface area contributed by atoms with Crippen LogP contribution >= 0.6 is 0 Å². The average Bonchev–Trinajstić information content (AvgIpc) is 2.91. The molecule has 2 bridgehead atoms. The van der Waals surface area contributed by atoms with Crippen molar-refractivity contribution in [3.63, 3.8) is 0 Å². The van der Waals surface area contributed by atoms with E-state index in [4.69, 9.17) is 0 Å². The van der Waals surface area contributed by atoms with Crippen molar-refractivity contribution < 1.29 is 0 Å². The van der Waals surface area contributed by atoms with Gasteiger partial charge in [0.25, 0.3) is 0 Å². The highest BCUT2D eigenvalue weighted by Gasteiger charge is 2.39. The van der Waals surface area contributed by atoms with Crippen LogP contribution < -0.4 is 10.6 Å². The quantitative estimate of drug-likeness (QED) is 0.709. The fraction of sp³-hybridized carbons (Fsp3) is 1.00. The van der Waals surface area contributed by atoms with Crippen LogP contribution in [0.3, 0.4) is 0 Å². The van der Waals surface area contributed by atoms with E-state index >= 15 is 0 Å². The van der Waals surface area contributed by atoms with E-state index < -0.39 is 0 Å². The molecule has 0 aromatic heterocycles. The topological polar surface area (TPSA) is 24.1 Å². The third-order valence-electron chi connectivity index (χ3n) is 4.61. The lowest BCUT2D eigenvalue weighted by atomic mass is 9.88. The zero-order valence-corrected chi connectivity index (χ0v) is 8.97. The average molecular weight is 194 g/mol. The Kier molecular flexibility index (Phi) is 2.50. The Labute approximate surface area is 86.8 Å². The van der Waals surface area contributed by atoms with Crippen LogP contribution in [0.15, 0.2) is 0 Å².